The van der Waals surface area contributed by atoms with Gasteiger partial charge >= 0.3 is 6.18 Å². The van der Waals surface area contributed by atoms with Crippen molar-refractivity contribution in [1.29, 1.82) is 5.26 Å². The highest BCUT2D eigenvalue weighted by molar-refractivity contribution is 6.07. The Morgan fingerprint density at radius 3 is 2.04 bits per heavy atom. The molecular formula is C19H14F3N3O2. The molecule has 0 saturated heterocycles. The monoisotopic (exact) mass is 373 g/mol. The molecule has 0 heterocycles. The molecule has 27 heavy (non-hydrogen) atoms. The molecule has 0 bridgehead atoms. The summed E-state index contributed by atoms with van der Waals surface area (Å²) in [6, 6.07) is 12.0. The number of ketones is 1. The van der Waals surface area contributed by atoms with Crippen LogP contribution in [0.25, 0.3) is 0 Å². The lowest BCUT2D eigenvalue weighted by molar-refractivity contribution is -0.137. The largest absolute Gasteiger partial charge is 0.416 e. The van der Waals surface area contributed by atoms with Crippen LogP contribution in [-0.4, -0.2) is 11.7 Å². The molecule has 0 aliphatic rings. The van der Waals surface area contributed by atoms with Crippen LogP contribution in [0.1, 0.15) is 22.8 Å². The first-order chi connectivity index (χ1) is 12.7. The van der Waals surface area contributed by atoms with Crippen molar-refractivity contribution < 1.29 is 22.8 Å². The van der Waals surface area contributed by atoms with E-state index in [0.29, 0.717) is 11.3 Å². The van der Waals surface area contributed by atoms with Crippen molar-refractivity contribution in [1.82, 2.24) is 0 Å². The van der Waals surface area contributed by atoms with Crippen molar-refractivity contribution in [2.45, 2.75) is 13.1 Å². The molecule has 0 radical (unpaired) electrons. The second-order valence-electron chi connectivity index (χ2n) is 5.48. The Kier molecular flexibility index (Phi) is 5.98. The van der Waals surface area contributed by atoms with Gasteiger partial charge in [-0.15, -0.1) is 0 Å². The summed E-state index contributed by atoms with van der Waals surface area (Å²) >= 11 is 0. The molecule has 5 nitrogen and oxygen atoms in total. The maximum absolute atomic E-state index is 12.5. The minimum Gasteiger partial charge on any atom is -0.360 e. The third kappa shape index (κ3) is 5.44. The maximum Gasteiger partial charge on any atom is 0.416 e. The van der Waals surface area contributed by atoms with Gasteiger partial charge in [-0.05, 0) is 55.5 Å². The predicted octanol–water partition coefficient (Wildman–Crippen LogP) is 4.37. The zero-order valence-electron chi connectivity index (χ0n) is 14.1. The first-order valence-electron chi connectivity index (χ1n) is 7.67. The number of Topliss-reactive ketones (excluding diaryl/α,β-unsaturated/α-hetero) is 1. The third-order valence-corrected chi connectivity index (χ3v) is 3.51. The summed E-state index contributed by atoms with van der Waals surface area (Å²) in [7, 11) is 0. The van der Waals surface area contributed by atoms with E-state index in [1.165, 1.54) is 43.3 Å². The molecule has 0 fully saturated rings. The van der Waals surface area contributed by atoms with Gasteiger partial charge in [-0.25, -0.2) is 0 Å². The van der Waals surface area contributed by atoms with E-state index in [9.17, 15) is 22.8 Å². The van der Waals surface area contributed by atoms with Crippen molar-refractivity contribution in [3.8, 4) is 6.07 Å². The van der Waals surface area contributed by atoms with Crippen molar-refractivity contribution in [3.63, 3.8) is 0 Å². The van der Waals surface area contributed by atoms with Crippen LogP contribution in [0.3, 0.4) is 0 Å². The number of nitrogens with zero attached hydrogens (tertiary/aromatic N) is 1. The van der Waals surface area contributed by atoms with Gasteiger partial charge in [-0.2, -0.15) is 18.4 Å². The van der Waals surface area contributed by atoms with E-state index < -0.39 is 17.6 Å². The number of rotatable bonds is 5. The Labute approximate surface area is 153 Å². The molecule has 2 N–H and O–H groups in total. The predicted molar refractivity (Wildman–Crippen MR) is 93.8 cm³/mol. The number of hydrogen-bond acceptors (Lipinski definition) is 4. The lowest BCUT2D eigenvalue weighted by Crippen LogP contribution is -2.14. The van der Waals surface area contributed by atoms with Crippen LogP contribution in [0.5, 0.6) is 0 Å². The molecule has 0 aromatic heterocycles. The number of benzene rings is 2. The molecule has 0 spiro atoms. The number of carbonyl (C=O) groups excluding carboxylic acids is 2. The van der Waals surface area contributed by atoms with Gasteiger partial charge in [0, 0.05) is 23.1 Å². The van der Waals surface area contributed by atoms with E-state index in [4.69, 9.17) is 5.26 Å². The summed E-state index contributed by atoms with van der Waals surface area (Å²) in [5.74, 6) is -0.821. The SMILES string of the molecule is CC(=O)c1ccc(NC(=O)/C(C#N)=C\Nc2ccc(C(F)(F)F)cc2)cc1. The van der Waals surface area contributed by atoms with Crippen LogP contribution in [0.2, 0.25) is 0 Å². The van der Waals surface area contributed by atoms with Crippen molar-refractivity contribution in [2.24, 2.45) is 0 Å². The first-order valence-corrected chi connectivity index (χ1v) is 7.67. The van der Waals surface area contributed by atoms with Crippen molar-refractivity contribution >= 4 is 23.1 Å². The lowest BCUT2D eigenvalue weighted by Gasteiger charge is -2.08. The van der Waals surface area contributed by atoms with E-state index in [-0.39, 0.29) is 17.0 Å². The number of alkyl halides is 3. The van der Waals surface area contributed by atoms with Gasteiger partial charge in [-0.3, -0.25) is 9.59 Å². The quantitative estimate of drug-likeness (QED) is 0.463. The van der Waals surface area contributed by atoms with Gasteiger partial charge in [0.15, 0.2) is 5.78 Å². The van der Waals surface area contributed by atoms with E-state index in [2.05, 4.69) is 10.6 Å². The second-order valence-corrected chi connectivity index (χ2v) is 5.48. The van der Waals surface area contributed by atoms with Gasteiger partial charge in [0.05, 0.1) is 5.56 Å². The number of halogens is 3. The van der Waals surface area contributed by atoms with Gasteiger partial charge in [0.2, 0.25) is 0 Å². The Bertz CT molecular complexity index is 909. The zero-order valence-corrected chi connectivity index (χ0v) is 14.1. The fraction of sp³-hybridized carbons (Fsp3) is 0.105. The Morgan fingerprint density at radius 2 is 1.56 bits per heavy atom. The minimum atomic E-state index is -4.44. The molecule has 0 atom stereocenters. The summed E-state index contributed by atoms with van der Waals surface area (Å²) in [6.45, 7) is 1.41. The van der Waals surface area contributed by atoms with E-state index >= 15 is 0 Å². The number of carbonyl (C=O) groups is 2. The molecule has 2 aromatic carbocycles. The molecule has 0 unspecified atom stereocenters. The Hall–Kier alpha value is -3.60. The average molecular weight is 373 g/mol. The Morgan fingerprint density at radius 1 is 1.00 bits per heavy atom. The number of amides is 1. The average Bonchev–Trinajstić information content (AvgIpc) is 2.62. The molecule has 1 amide bonds. The molecular weight excluding hydrogens is 359 g/mol. The minimum absolute atomic E-state index is 0.119. The second kappa shape index (κ2) is 8.19. The fourth-order valence-corrected chi connectivity index (χ4v) is 2.05. The molecule has 138 valence electrons. The summed E-state index contributed by atoms with van der Waals surface area (Å²) in [5, 5.41) is 14.2. The van der Waals surface area contributed by atoms with E-state index in [1.54, 1.807) is 6.07 Å². The molecule has 8 heteroatoms. The standard InChI is InChI=1S/C19H14F3N3O2/c1-12(26)13-2-6-17(7-3-13)25-18(27)14(10-23)11-24-16-8-4-15(5-9-16)19(20,21)22/h2-9,11,24H,1H3,(H,25,27)/b14-11-. The summed E-state index contributed by atoms with van der Waals surface area (Å²) < 4.78 is 37.6. The van der Waals surface area contributed by atoms with Crippen LogP contribution in [0.15, 0.2) is 60.3 Å². The van der Waals surface area contributed by atoms with Gasteiger partial charge in [0.25, 0.3) is 5.91 Å². The normalized spacial score (nSPS) is 11.4. The topological polar surface area (TPSA) is 82.0 Å². The van der Waals surface area contributed by atoms with Gasteiger partial charge in [-0.1, -0.05) is 0 Å². The highest BCUT2D eigenvalue weighted by Gasteiger charge is 2.29. The number of nitrogens with one attached hydrogen (secondary N) is 2. The maximum atomic E-state index is 12.5. The van der Waals surface area contributed by atoms with E-state index in [0.717, 1.165) is 18.3 Å². The van der Waals surface area contributed by atoms with Crippen LogP contribution in [0, 0.1) is 11.3 Å². The van der Waals surface area contributed by atoms with Crippen molar-refractivity contribution in [3.05, 3.63) is 71.4 Å². The van der Waals surface area contributed by atoms with Crippen LogP contribution in [0.4, 0.5) is 24.5 Å². The van der Waals surface area contributed by atoms with Crippen LogP contribution < -0.4 is 10.6 Å². The number of anilines is 2. The highest BCUT2D eigenvalue weighted by Crippen LogP contribution is 2.29. The summed E-state index contributed by atoms with van der Waals surface area (Å²) in [4.78, 5) is 23.3. The summed E-state index contributed by atoms with van der Waals surface area (Å²) in [6.07, 6.45) is -3.34. The van der Waals surface area contributed by atoms with Gasteiger partial charge in [0.1, 0.15) is 11.6 Å². The van der Waals surface area contributed by atoms with Crippen LogP contribution >= 0.6 is 0 Å². The molecule has 0 aliphatic heterocycles. The lowest BCUT2D eigenvalue weighted by atomic mass is 10.1. The first kappa shape index (κ1) is 19.7. The zero-order chi connectivity index (χ0) is 20.0. The summed E-state index contributed by atoms with van der Waals surface area (Å²) in [5.41, 5.74) is 0.0814. The smallest absolute Gasteiger partial charge is 0.360 e. The number of nitriles is 1. The van der Waals surface area contributed by atoms with E-state index in [1.807, 2.05) is 0 Å². The Balaban J connectivity index is 2.05. The van der Waals surface area contributed by atoms with Gasteiger partial charge < -0.3 is 10.6 Å². The fourth-order valence-electron chi connectivity index (χ4n) is 2.05. The third-order valence-electron chi connectivity index (χ3n) is 3.51. The molecule has 2 rings (SSSR count). The molecule has 0 aliphatic carbocycles. The van der Waals surface area contributed by atoms with Crippen molar-refractivity contribution in [2.75, 3.05) is 10.6 Å². The molecule has 2 aromatic rings. The molecule has 0 saturated carbocycles. The highest BCUT2D eigenvalue weighted by atomic mass is 19.4. The number of hydrogen-bond donors (Lipinski definition) is 2. The van der Waals surface area contributed by atoms with Crippen LogP contribution in [-0.2, 0) is 11.0 Å².